The normalized spacial score (nSPS) is 12.5. The molecular weight excluding hydrogens is 472 g/mol. The molecule has 0 saturated carbocycles. The predicted molar refractivity (Wildman–Crippen MR) is 143 cm³/mol. The number of amides is 2. The first kappa shape index (κ1) is 25.2. The van der Waals surface area contributed by atoms with E-state index in [2.05, 4.69) is 20.6 Å². The highest BCUT2D eigenvalue weighted by Crippen LogP contribution is 2.29. The molecule has 0 spiro atoms. The Balaban J connectivity index is 1.36. The van der Waals surface area contributed by atoms with Crippen LogP contribution in [0.25, 0.3) is 22.4 Å². The summed E-state index contributed by atoms with van der Waals surface area (Å²) in [5.74, 6) is -0.712. The molecular formula is C28H28N4O3S. The number of anilines is 1. The summed E-state index contributed by atoms with van der Waals surface area (Å²) >= 11 is 1.33. The maximum atomic E-state index is 12.6. The van der Waals surface area contributed by atoms with Crippen molar-refractivity contribution in [3.63, 3.8) is 0 Å². The van der Waals surface area contributed by atoms with Crippen molar-refractivity contribution in [2.24, 2.45) is 0 Å². The number of aliphatic hydroxyl groups is 1. The van der Waals surface area contributed by atoms with E-state index in [9.17, 15) is 14.7 Å². The van der Waals surface area contributed by atoms with Gasteiger partial charge in [0, 0.05) is 34.3 Å². The Hall–Kier alpha value is -3.88. The van der Waals surface area contributed by atoms with E-state index in [4.69, 9.17) is 0 Å². The van der Waals surface area contributed by atoms with E-state index in [0.717, 1.165) is 34.4 Å². The minimum Gasteiger partial charge on any atom is -0.395 e. The summed E-state index contributed by atoms with van der Waals surface area (Å²) in [5.41, 5.74) is 4.72. The van der Waals surface area contributed by atoms with E-state index >= 15 is 0 Å². The van der Waals surface area contributed by atoms with Crippen molar-refractivity contribution in [3.8, 4) is 22.4 Å². The zero-order chi connectivity index (χ0) is 25.5. The van der Waals surface area contributed by atoms with Crippen LogP contribution < -0.4 is 10.6 Å². The van der Waals surface area contributed by atoms with Gasteiger partial charge in [0.2, 0.25) is 5.91 Å². The molecule has 0 aliphatic carbocycles. The first-order chi connectivity index (χ1) is 17.4. The summed E-state index contributed by atoms with van der Waals surface area (Å²) in [6, 6.07) is 19.1. The van der Waals surface area contributed by atoms with Gasteiger partial charge in [0.05, 0.1) is 18.8 Å². The quantitative estimate of drug-likeness (QED) is 0.303. The average molecular weight is 501 g/mol. The molecule has 7 nitrogen and oxygen atoms in total. The van der Waals surface area contributed by atoms with Gasteiger partial charge >= 0.3 is 0 Å². The molecule has 1 atom stereocenters. The van der Waals surface area contributed by atoms with Gasteiger partial charge in [-0.1, -0.05) is 44.2 Å². The first-order valence-electron chi connectivity index (χ1n) is 11.7. The number of hydrogen-bond donors (Lipinski definition) is 3. The van der Waals surface area contributed by atoms with Crippen LogP contribution in [0.3, 0.4) is 0 Å². The minimum absolute atomic E-state index is 0.0131. The third-order valence-corrected chi connectivity index (χ3v) is 7.04. The highest BCUT2D eigenvalue weighted by Gasteiger charge is 2.24. The number of benzene rings is 2. The van der Waals surface area contributed by atoms with Crippen LogP contribution in [0.2, 0.25) is 0 Å². The Morgan fingerprint density at radius 1 is 1.00 bits per heavy atom. The second-order valence-corrected chi connectivity index (χ2v) is 9.60. The number of carbonyl (C=O) groups is 2. The standard InChI is InChI=1S/C28H28N4O3S/c1-3-28(2,18-33)23-9-5-8-22(15-23)26(35)30-16-25(34)32-27-31-24(17-36-27)21-7-4-6-20(14-21)19-10-12-29-13-11-19/h4-15,17,33H,3,16,18H2,1-2H3,(H,30,35)(H,31,32,34). The summed E-state index contributed by atoms with van der Waals surface area (Å²) in [7, 11) is 0. The van der Waals surface area contributed by atoms with Crippen molar-refractivity contribution >= 4 is 28.3 Å². The lowest BCUT2D eigenvalue weighted by atomic mass is 9.80. The maximum Gasteiger partial charge on any atom is 0.251 e. The third-order valence-electron chi connectivity index (χ3n) is 6.28. The monoisotopic (exact) mass is 500 g/mol. The van der Waals surface area contributed by atoms with E-state index in [-0.39, 0.29) is 25.0 Å². The molecule has 4 rings (SSSR count). The molecule has 0 aliphatic heterocycles. The number of rotatable bonds is 9. The highest BCUT2D eigenvalue weighted by atomic mass is 32.1. The molecule has 184 valence electrons. The number of nitrogens with one attached hydrogen (secondary N) is 2. The fourth-order valence-corrected chi connectivity index (χ4v) is 4.47. The Morgan fingerprint density at radius 2 is 1.75 bits per heavy atom. The van der Waals surface area contributed by atoms with Gasteiger partial charge in [-0.2, -0.15) is 0 Å². The lowest BCUT2D eigenvalue weighted by molar-refractivity contribution is -0.115. The van der Waals surface area contributed by atoms with Crippen LogP contribution >= 0.6 is 11.3 Å². The molecule has 0 fully saturated rings. The van der Waals surface area contributed by atoms with Crippen LogP contribution in [0.1, 0.15) is 36.2 Å². The molecule has 0 saturated heterocycles. The van der Waals surface area contributed by atoms with Crippen molar-refractivity contribution in [2.75, 3.05) is 18.5 Å². The Labute approximate surface area is 214 Å². The fraction of sp³-hybridized carbons (Fsp3) is 0.214. The van der Waals surface area contributed by atoms with Gasteiger partial charge in [-0.25, -0.2) is 4.98 Å². The molecule has 0 bridgehead atoms. The summed E-state index contributed by atoms with van der Waals surface area (Å²) in [5, 5.41) is 17.5. The van der Waals surface area contributed by atoms with Gasteiger partial charge in [0.25, 0.3) is 5.91 Å². The molecule has 1 unspecified atom stereocenters. The van der Waals surface area contributed by atoms with Gasteiger partial charge < -0.3 is 15.7 Å². The van der Waals surface area contributed by atoms with E-state index in [1.165, 1.54) is 11.3 Å². The number of nitrogens with zero attached hydrogens (tertiary/aromatic N) is 2. The molecule has 2 aromatic carbocycles. The third kappa shape index (κ3) is 5.84. The van der Waals surface area contributed by atoms with Gasteiger partial charge in [-0.15, -0.1) is 11.3 Å². The average Bonchev–Trinajstić information content (AvgIpc) is 3.40. The summed E-state index contributed by atoms with van der Waals surface area (Å²) in [4.78, 5) is 33.7. The van der Waals surface area contributed by atoms with Crippen molar-refractivity contribution in [1.29, 1.82) is 0 Å². The number of aliphatic hydroxyl groups excluding tert-OH is 1. The molecule has 2 heterocycles. The summed E-state index contributed by atoms with van der Waals surface area (Å²) in [6.07, 6.45) is 4.25. The highest BCUT2D eigenvalue weighted by molar-refractivity contribution is 7.14. The molecule has 2 aromatic heterocycles. The van der Waals surface area contributed by atoms with Crippen LogP contribution in [-0.4, -0.2) is 40.0 Å². The first-order valence-corrected chi connectivity index (χ1v) is 12.6. The summed E-state index contributed by atoms with van der Waals surface area (Å²) in [6.45, 7) is 3.76. The largest absolute Gasteiger partial charge is 0.395 e. The van der Waals surface area contributed by atoms with Crippen LogP contribution in [0.4, 0.5) is 5.13 Å². The number of pyridine rings is 1. The van der Waals surface area contributed by atoms with Crippen molar-refractivity contribution in [2.45, 2.75) is 25.7 Å². The zero-order valence-electron chi connectivity index (χ0n) is 20.2. The predicted octanol–water partition coefficient (Wildman–Crippen LogP) is 4.90. The van der Waals surface area contributed by atoms with Crippen molar-refractivity contribution in [3.05, 3.63) is 89.6 Å². The second kappa shape index (κ2) is 11.2. The molecule has 36 heavy (non-hydrogen) atoms. The van der Waals surface area contributed by atoms with E-state index < -0.39 is 5.41 Å². The number of carbonyl (C=O) groups excluding carboxylic acids is 2. The second-order valence-electron chi connectivity index (χ2n) is 8.74. The molecule has 3 N–H and O–H groups in total. The van der Waals surface area contributed by atoms with E-state index in [0.29, 0.717) is 10.7 Å². The molecule has 0 aliphatic rings. The number of thiazole rings is 1. The van der Waals surface area contributed by atoms with E-state index in [1.54, 1.807) is 30.6 Å². The van der Waals surface area contributed by atoms with Crippen LogP contribution in [0, 0.1) is 0 Å². The molecule has 4 aromatic rings. The van der Waals surface area contributed by atoms with Crippen LogP contribution in [0.5, 0.6) is 0 Å². The Kier molecular flexibility index (Phi) is 7.87. The van der Waals surface area contributed by atoms with E-state index in [1.807, 2.05) is 61.7 Å². The van der Waals surface area contributed by atoms with Crippen LogP contribution in [-0.2, 0) is 10.2 Å². The Morgan fingerprint density at radius 3 is 2.50 bits per heavy atom. The molecule has 0 radical (unpaired) electrons. The van der Waals surface area contributed by atoms with Gasteiger partial charge in [0.15, 0.2) is 5.13 Å². The van der Waals surface area contributed by atoms with Crippen molar-refractivity contribution in [1.82, 2.24) is 15.3 Å². The number of aromatic nitrogens is 2. The molecule has 2 amide bonds. The van der Waals surface area contributed by atoms with Crippen molar-refractivity contribution < 1.29 is 14.7 Å². The van der Waals surface area contributed by atoms with Gasteiger partial charge in [-0.3, -0.25) is 14.6 Å². The summed E-state index contributed by atoms with van der Waals surface area (Å²) < 4.78 is 0. The lowest BCUT2D eigenvalue weighted by Gasteiger charge is -2.26. The maximum absolute atomic E-state index is 12.6. The minimum atomic E-state index is -0.423. The zero-order valence-corrected chi connectivity index (χ0v) is 21.0. The van der Waals surface area contributed by atoms with Crippen LogP contribution in [0.15, 0.2) is 78.4 Å². The SMILES string of the molecule is CCC(C)(CO)c1cccc(C(=O)NCC(=O)Nc2nc(-c3cccc(-c4ccncc4)c3)cs2)c1. The van der Waals surface area contributed by atoms with Gasteiger partial charge in [-0.05, 0) is 53.4 Å². The smallest absolute Gasteiger partial charge is 0.251 e. The Bertz CT molecular complexity index is 1350. The number of hydrogen-bond acceptors (Lipinski definition) is 6. The lowest BCUT2D eigenvalue weighted by Crippen LogP contribution is -2.33. The topological polar surface area (TPSA) is 104 Å². The fourth-order valence-electron chi connectivity index (χ4n) is 3.74. The van der Waals surface area contributed by atoms with Gasteiger partial charge in [0.1, 0.15) is 0 Å². The molecule has 8 heteroatoms.